The van der Waals surface area contributed by atoms with Gasteiger partial charge in [0.1, 0.15) is 0 Å². The third-order valence-electron chi connectivity index (χ3n) is 5.45. The van der Waals surface area contributed by atoms with E-state index in [1.165, 1.54) is 21.3 Å². The van der Waals surface area contributed by atoms with E-state index in [0.717, 1.165) is 5.56 Å². The number of morpholine rings is 1. The molecule has 0 aliphatic carbocycles. The summed E-state index contributed by atoms with van der Waals surface area (Å²) >= 11 is 5.87. The lowest BCUT2D eigenvalue weighted by Gasteiger charge is -2.26. The van der Waals surface area contributed by atoms with Crippen molar-refractivity contribution in [3.63, 3.8) is 0 Å². The van der Waals surface area contributed by atoms with Gasteiger partial charge in [0.15, 0.2) is 0 Å². The number of hydrogen-bond acceptors (Lipinski definition) is 5. The zero-order chi connectivity index (χ0) is 24.0. The van der Waals surface area contributed by atoms with Crippen molar-refractivity contribution in [3.8, 4) is 0 Å². The van der Waals surface area contributed by atoms with Crippen LogP contribution in [0.3, 0.4) is 0 Å². The molecule has 1 heterocycles. The Hall–Kier alpha value is -2.46. The summed E-state index contributed by atoms with van der Waals surface area (Å²) < 4.78 is 32.6. The summed E-state index contributed by atoms with van der Waals surface area (Å²) in [7, 11) is -3.74. The Morgan fingerprint density at radius 1 is 1.12 bits per heavy atom. The quantitative estimate of drug-likeness (QED) is 0.609. The number of hydrogen-bond donors (Lipinski definition) is 1. The first-order chi connectivity index (χ1) is 15.7. The van der Waals surface area contributed by atoms with Crippen LogP contribution < -0.4 is 5.32 Å². The molecule has 33 heavy (non-hydrogen) atoms. The molecule has 1 saturated heterocycles. The average Bonchev–Trinajstić information content (AvgIpc) is 2.82. The highest BCUT2D eigenvalue weighted by molar-refractivity contribution is 7.89. The predicted octanol–water partition coefficient (Wildman–Crippen LogP) is 2.45. The van der Waals surface area contributed by atoms with Crippen molar-refractivity contribution in [2.75, 3.05) is 39.4 Å². The molecule has 0 unspecified atom stereocenters. The Morgan fingerprint density at radius 2 is 1.79 bits per heavy atom. The summed E-state index contributed by atoms with van der Waals surface area (Å²) in [6, 6.07) is 11.6. The minimum absolute atomic E-state index is 0.0570. The van der Waals surface area contributed by atoms with E-state index in [1.54, 1.807) is 32.0 Å². The Kier molecular flexibility index (Phi) is 8.47. The first-order valence-corrected chi connectivity index (χ1v) is 12.5. The van der Waals surface area contributed by atoms with Gasteiger partial charge in [-0.25, -0.2) is 8.42 Å². The van der Waals surface area contributed by atoms with E-state index in [4.69, 9.17) is 16.3 Å². The van der Waals surface area contributed by atoms with Gasteiger partial charge in [-0.2, -0.15) is 4.31 Å². The number of carbonyl (C=O) groups is 2. The molecule has 1 N–H and O–H groups in total. The number of sulfonamides is 1. The molecule has 0 aromatic heterocycles. The van der Waals surface area contributed by atoms with Gasteiger partial charge in [-0.15, -0.1) is 0 Å². The monoisotopic (exact) mass is 493 g/mol. The zero-order valence-corrected chi connectivity index (χ0v) is 20.3. The fraction of sp³-hybridized carbons (Fsp3) is 0.391. The molecule has 1 fully saturated rings. The van der Waals surface area contributed by atoms with Crippen LogP contribution in [0.2, 0.25) is 5.02 Å². The molecule has 8 nitrogen and oxygen atoms in total. The van der Waals surface area contributed by atoms with Crippen LogP contribution in [0.15, 0.2) is 47.4 Å². The number of nitrogens with one attached hydrogen (secondary N) is 1. The topological polar surface area (TPSA) is 96.0 Å². The molecular formula is C23H28ClN3O5S. The minimum atomic E-state index is -3.74. The Bertz CT molecular complexity index is 1100. The summed E-state index contributed by atoms with van der Waals surface area (Å²) in [4.78, 5) is 27.1. The summed E-state index contributed by atoms with van der Waals surface area (Å²) in [5.41, 5.74) is 1.79. The van der Waals surface area contributed by atoms with Gasteiger partial charge in [-0.3, -0.25) is 9.59 Å². The number of aryl methyl sites for hydroxylation is 1. The molecule has 0 bridgehead atoms. The van der Waals surface area contributed by atoms with Gasteiger partial charge < -0.3 is 15.0 Å². The van der Waals surface area contributed by atoms with Crippen LogP contribution in [0.1, 0.15) is 28.4 Å². The zero-order valence-electron chi connectivity index (χ0n) is 18.7. The van der Waals surface area contributed by atoms with Gasteiger partial charge >= 0.3 is 0 Å². The Balaban J connectivity index is 1.71. The van der Waals surface area contributed by atoms with Crippen molar-refractivity contribution in [1.82, 2.24) is 14.5 Å². The number of likely N-dealkylation sites (N-methyl/N-ethyl adjacent to an activating group) is 1. The Morgan fingerprint density at radius 3 is 2.42 bits per heavy atom. The molecule has 0 atom stereocenters. The first-order valence-electron chi connectivity index (χ1n) is 10.7. The highest BCUT2D eigenvalue weighted by atomic mass is 35.5. The SMILES string of the molecule is CCN(CC(=O)NCc1ccc(Cl)cc1)C(=O)c1cc(S(=O)(=O)N2CCOCC2)ccc1C. The normalized spacial score (nSPS) is 14.6. The second-order valence-electron chi connectivity index (χ2n) is 7.72. The van der Waals surface area contributed by atoms with Gasteiger partial charge in [-0.1, -0.05) is 29.8 Å². The molecule has 3 rings (SSSR count). The van der Waals surface area contributed by atoms with Crippen LogP contribution >= 0.6 is 11.6 Å². The van der Waals surface area contributed by atoms with Crippen molar-refractivity contribution in [3.05, 3.63) is 64.2 Å². The van der Waals surface area contributed by atoms with E-state index in [1.807, 2.05) is 12.1 Å². The minimum Gasteiger partial charge on any atom is -0.379 e. The van der Waals surface area contributed by atoms with Crippen molar-refractivity contribution < 1.29 is 22.7 Å². The first kappa shape index (κ1) is 25.2. The van der Waals surface area contributed by atoms with E-state index in [2.05, 4.69) is 5.32 Å². The fourth-order valence-corrected chi connectivity index (χ4v) is 5.02. The van der Waals surface area contributed by atoms with Gasteiger partial charge in [0, 0.05) is 36.8 Å². The van der Waals surface area contributed by atoms with E-state index in [0.29, 0.717) is 36.9 Å². The standard InChI is InChI=1S/C23H28ClN3O5S/c1-3-26(16-22(28)25-15-18-5-7-19(24)8-6-18)23(29)21-14-20(9-4-17(21)2)33(30,31)27-10-12-32-13-11-27/h4-9,14H,3,10-13,15-16H2,1-2H3,(H,25,28). The highest BCUT2D eigenvalue weighted by Gasteiger charge is 2.28. The van der Waals surface area contributed by atoms with Gasteiger partial charge in [-0.05, 0) is 49.2 Å². The predicted molar refractivity (Wildman–Crippen MR) is 126 cm³/mol. The summed E-state index contributed by atoms with van der Waals surface area (Å²) in [5, 5.41) is 3.40. The second-order valence-corrected chi connectivity index (χ2v) is 10.1. The molecule has 2 aromatic carbocycles. The molecule has 2 aromatic rings. The van der Waals surface area contributed by atoms with Crippen molar-refractivity contribution >= 4 is 33.4 Å². The van der Waals surface area contributed by atoms with Gasteiger partial charge in [0.25, 0.3) is 5.91 Å². The van der Waals surface area contributed by atoms with Crippen LogP contribution in [0.5, 0.6) is 0 Å². The van der Waals surface area contributed by atoms with Crippen molar-refractivity contribution in [2.24, 2.45) is 0 Å². The smallest absolute Gasteiger partial charge is 0.254 e. The van der Waals surface area contributed by atoms with Gasteiger partial charge in [0.2, 0.25) is 15.9 Å². The lowest BCUT2D eigenvalue weighted by molar-refractivity contribution is -0.121. The maximum Gasteiger partial charge on any atom is 0.254 e. The molecule has 1 aliphatic rings. The Labute approximate surface area is 199 Å². The maximum absolute atomic E-state index is 13.2. The summed E-state index contributed by atoms with van der Waals surface area (Å²) in [6.45, 7) is 5.21. The van der Waals surface area contributed by atoms with Crippen LogP contribution in [0.25, 0.3) is 0 Å². The number of ether oxygens (including phenoxy) is 1. The second kappa shape index (κ2) is 11.1. The molecule has 2 amide bonds. The average molecular weight is 494 g/mol. The third-order valence-corrected chi connectivity index (χ3v) is 7.60. The molecule has 10 heteroatoms. The number of nitrogens with zero attached hydrogens (tertiary/aromatic N) is 2. The number of benzene rings is 2. The van der Waals surface area contributed by atoms with Crippen molar-refractivity contribution in [2.45, 2.75) is 25.3 Å². The third kappa shape index (κ3) is 6.32. The molecule has 0 radical (unpaired) electrons. The summed E-state index contributed by atoms with van der Waals surface area (Å²) in [5.74, 6) is -0.703. The van der Waals surface area contributed by atoms with Crippen LogP contribution in [0, 0.1) is 6.92 Å². The largest absolute Gasteiger partial charge is 0.379 e. The molecule has 1 aliphatic heterocycles. The molecule has 0 saturated carbocycles. The number of rotatable bonds is 8. The van der Waals surface area contributed by atoms with Crippen LogP contribution in [-0.4, -0.2) is 68.8 Å². The van der Waals surface area contributed by atoms with Gasteiger partial charge in [0.05, 0.1) is 24.7 Å². The van der Waals surface area contributed by atoms with E-state index in [9.17, 15) is 18.0 Å². The summed E-state index contributed by atoms with van der Waals surface area (Å²) in [6.07, 6.45) is 0. The lowest BCUT2D eigenvalue weighted by atomic mass is 10.1. The van der Waals surface area contributed by atoms with E-state index < -0.39 is 15.9 Å². The van der Waals surface area contributed by atoms with E-state index >= 15 is 0 Å². The number of halogens is 1. The number of carbonyl (C=O) groups excluding carboxylic acids is 2. The lowest BCUT2D eigenvalue weighted by Crippen LogP contribution is -2.41. The molecule has 178 valence electrons. The molecular weight excluding hydrogens is 466 g/mol. The number of amides is 2. The fourth-order valence-electron chi connectivity index (χ4n) is 3.46. The van der Waals surface area contributed by atoms with Crippen molar-refractivity contribution in [1.29, 1.82) is 0 Å². The highest BCUT2D eigenvalue weighted by Crippen LogP contribution is 2.22. The molecule has 0 spiro atoms. The van der Waals surface area contributed by atoms with E-state index in [-0.39, 0.29) is 36.0 Å². The van der Waals surface area contributed by atoms with Crippen LogP contribution in [-0.2, 0) is 26.1 Å². The maximum atomic E-state index is 13.2. The van der Waals surface area contributed by atoms with Crippen LogP contribution in [0.4, 0.5) is 0 Å².